The first-order valence-corrected chi connectivity index (χ1v) is 6.60. The maximum Gasteiger partial charge on any atom is 0.0991 e. The highest BCUT2D eigenvalue weighted by Crippen LogP contribution is 2.26. The third-order valence-electron chi connectivity index (χ3n) is 3.50. The molecule has 3 heteroatoms. The quantitative estimate of drug-likeness (QED) is 0.866. The minimum atomic E-state index is 0.283. The molecule has 1 aromatic rings. The first-order valence-electron chi connectivity index (χ1n) is 6.60. The molecule has 0 radical (unpaired) electrons. The number of nitrogens with zero attached hydrogens (tertiary/aromatic N) is 1. The van der Waals surface area contributed by atoms with Gasteiger partial charge in [-0.1, -0.05) is 12.1 Å². The second-order valence-electron chi connectivity index (χ2n) is 4.87. The summed E-state index contributed by atoms with van der Waals surface area (Å²) in [6, 6.07) is 10.8. The molecule has 3 nitrogen and oxygen atoms in total. The Bertz CT molecular complexity index is 432. The van der Waals surface area contributed by atoms with Gasteiger partial charge in [-0.25, -0.2) is 0 Å². The molecular formula is C15H20N2O. The van der Waals surface area contributed by atoms with Crippen molar-refractivity contribution in [2.24, 2.45) is 0 Å². The van der Waals surface area contributed by atoms with Gasteiger partial charge in [0.05, 0.1) is 17.7 Å². The molecule has 0 spiro atoms. The minimum absolute atomic E-state index is 0.283. The number of benzene rings is 1. The maximum absolute atomic E-state index is 8.89. The summed E-state index contributed by atoms with van der Waals surface area (Å²) in [5, 5.41) is 12.5. The van der Waals surface area contributed by atoms with Gasteiger partial charge in [-0.3, -0.25) is 0 Å². The number of hydrogen-bond acceptors (Lipinski definition) is 3. The van der Waals surface area contributed by atoms with Crippen LogP contribution in [-0.4, -0.2) is 18.8 Å². The Morgan fingerprint density at radius 1 is 1.50 bits per heavy atom. The van der Waals surface area contributed by atoms with Gasteiger partial charge < -0.3 is 10.1 Å². The monoisotopic (exact) mass is 244 g/mol. The molecule has 0 aromatic heterocycles. The fourth-order valence-electron chi connectivity index (χ4n) is 2.40. The van der Waals surface area contributed by atoms with Crippen molar-refractivity contribution in [1.29, 1.82) is 5.26 Å². The van der Waals surface area contributed by atoms with Gasteiger partial charge in [-0.15, -0.1) is 0 Å². The van der Waals surface area contributed by atoms with E-state index in [4.69, 9.17) is 10.00 Å². The van der Waals surface area contributed by atoms with Crippen molar-refractivity contribution < 1.29 is 4.74 Å². The van der Waals surface area contributed by atoms with Gasteiger partial charge in [-0.2, -0.15) is 5.26 Å². The Kier molecular flexibility index (Phi) is 4.35. The lowest BCUT2D eigenvalue weighted by Gasteiger charge is -2.37. The number of rotatable bonds is 5. The van der Waals surface area contributed by atoms with Crippen molar-refractivity contribution in [1.82, 2.24) is 5.32 Å². The van der Waals surface area contributed by atoms with Crippen molar-refractivity contribution in [3.05, 3.63) is 35.4 Å². The summed E-state index contributed by atoms with van der Waals surface area (Å²) in [6.45, 7) is 4.98. The molecular weight excluding hydrogens is 224 g/mol. The molecule has 0 saturated heterocycles. The topological polar surface area (TPSA) is 45.0 Å². The van der Waals surface area contributed by atoms with Crippen LogP contribution in [0.4, 0.5) is 0 Å². The summed E-state index contributed by atoms with van der Waals surface area (Å²) in [6.07, 6.45) is 2.62. The number of nitriles is 1. The number of hydrogen-bond donors (Lipinski definition) is 1. The van der Waals surface area contributed by atoms with Crippen molar-refractivity contribution >= 4 is 0 Å². The van der Waals surface area contributed by atoms with Crippen LogP contribution in [0.25, 0.3) is 0 Å². The molecule has 1 saturated carbocycles. The fraction of sp³-hybridized carbons (Fsp3) is 0.533. The average molecular weight is 244 g/mol. The van der Waals surface area contributed by atoms with Crippen LogP contribution in [-0.2, 0) is 4.74 Å². The predicted molar refractivity (Wildman–Crippen MR) is 71.1 cm³/mol. The molecule has 1 aliphatic carbocycles. The van der Waals surface area contributed by atoms with Gasteiger partial charge >= 0.3 is 0 Å². The van der Waals surface area contributed by atoms with Crippen molar-refractivity contribution in [3.63, 3.8) is 0 Å². The molecule has 1 aromatic carbocycles. The Morgan fingerprint density at radius 3 is 2.94 bits per heavy atom. The Hall–Kier alpha value is -1.37. The van der Waals surface area contributed by atoms with Gasteiger partial charge in [0, 0.05) is 18.7 Å². The normalized spacial score (nSPS) is 24.1. The van der Waals surface area contributed by atoms with Crippen LogP contribution in [0.3, 0.4) is 0 Å². The van der Waals surface area contributed by atoms with Crippen molar-refractivity contribution in [2.45, 2.75) is 44.9 Å². The van der Waals surface area contributed by atoms with E-state index in [2.05, 4.69) is 24.4 Å². The van der Waals surface area contributed by atoms with Gasteiger partial charge in [0.1, 0.15) is 0 Å². The van der Waals surface area contributed by atoms with E-state index in [1.54, 1.807) is 0 Å². The molecule has 1 N–H and O–H groups in total. The second-order valence-corrected chi connectivity index (χ2v) is 4.87. The lowest BCUT2D eigenvalue weighted by atomic mass is 9.88. The van der Waals surface area contributed by atoms with E-state index >= 15 is 0 Å². The highest BCUT2D eigenvalue weighted by atomic mass is 16.5. The molecule has 18 heavy (non-hydrogen) atoms. The average Bonchev–Trinajstić information content (AvgIpc) is 2.36. The van der Waals surface area contributed by atoms with E-state index in [9.17, 15) is 0 Å². The number of nitrogens with one attached hydrogen (secondary N) is 1. The summed E-state index contributed by atoms with van der Waals surface area (Å²) in [5.41, 5.74) is 1.90. The zero-order chi connectivity index (χ0) is 13.0. The smallest absolute Gasteiger partial charge is 0.0991 e. The van der Waals surface area contributed by atoms with Crippen molar-refractivity contribution in [3.8, 4) is 6.07 Å². The zero-order valence-corrected chi connectivity index (χ0v) is 11.0. The molecule has 2 rings (SSSR count). The minimum Gasteiger partial charge on any atom is -0.378 e. The van der Waals surface area contributed by atoms with Gasteiger partial charge in [0.15, 0.2) is 0 Å². The van der Waals surface area contributed by atoms with E-state index in [1.165, 1.54) is 5.56 Å². The van der Waals surface area contributed by atoms with E-state index in [0.717, 1.165) is 25.0 Å². The maximum atomic E-state index is 8.89. The second kappa shape index (κ2) is 5.99. The van der Waals surface area contributed by atoms with E-state index in [0.29, 0.717) is 12.1 Å². The van der Waals surface area contributed by atoms with Gasteiger partial charge in [0.25, 0.3) is 0 Å². The lowest BCUT2D eigenvalue weighted by molar-refractivity contribution is -0.0120. The van der Waals surface area contributed by atoms with E-state index in [-0.39, 0.29) is 6.04 Å². The zero-order valence-electron chi connectivity index (χ0n) is 11.0. The van der Waals surface area contributed by atoms with Crippen LogP contribution < -0.4 is 5.32 Å². The Morgan fingerprint density at radius 2 is 2.28 bits per heavy atom. The predicted octanol–water partition coefficient (Wildman–Crippen LogP) is 2.78. The van der Waals surface area contributed by atoms with Crippen LogP contribution in [0.5, 0.6) is 0 Å². The highest BCUT2D eigenvalue weighted by molar-refractivity contribution is 5.34. The van der Waals surface area contributed by atoms with Crippen LogP contribution in [0.15, 0.2) is 24.3 Å². The molecule has 0 aliphatic heterocycles. The molecule has 0 bridgehead atoms. The third kappa shape index (κ3) is 3.10. The van der Waals surface area contributed by atoms with Crippen LogP contribution in [0, 0.1) is 11.3 Å². The van der Waals surface area contributed by atoms with E-state index < -0.39 is 0 Å². The summed E-state index contributed by atoms with van der Waals surface area (Å²) in [7, 11) is 0. The first kappa shape index (κ1) is 13.1. The molecule has 1 atom stereocenters. The molecule has 1 fully saturated rings. The molecule has 96 valence electrons. The van der Waals surface area contributed by atoms with E-state index in [1.807, 2.05) is 25.1 Å². The Labute approximate surface area is 109 Å². The Balaban J connectivity index is 1.85. The summed E-state index contributed by atoms with van der Waals surface area (Å²) < 4.78 is 5.55. The van der Waals surface area contributed by atoms with Gasteiger partial charge in [0.2, 0.25) is 0 Å². The standard InChI is InChI=1S/C15H20N2O/c1-3-18-15-8-14(9-15)17-11(2)13-6-4-5-12(7-13)10-16/h4-7,11,14-15,17H,3,8-9H2,1-2H3. The molecule has 0 heterocycles. The highest BCUT2D eigenvalue weighted by Gasteiger charge is 2.30. The van der Waals surface area contributed by atoms with Crippen molar-refractivity contribution in [2.75, 3.05) is 6.61 Å². The summed E-state index contributed by atoms with van der Waals surface area (Å²) >= 11 is 0. The summed E-state index contributed by atoms with van der Waals surface area (Å²) in [4.78, 5) is 0. The largest absolute Gasteiger partial charge is 0.378 e. The lowest BCUT2D eigenvalue weighted by Crippen LogP contribution is -2.46. The SMILES string of the molecule is CCOC1CC(NC(C)c2cccc(C#N)c2)C1. The van der Waals surface area contributed by atoms with Crippen LogP contribution in [0.2, 0.25) is 0 Å². The summed E-state index contributed by atoms with van der Waals surface area (Å²) in [5.74, 6) is 0. The third-order valence-corrected chi connectivity index (χ3v) is 3.50. The molecule has 0 amide bonds. The molecule has 1 unspecified atom stereocenters. The number of ether oxygens (including phenoxy) is 1. The first-order chi connectivity index (χ1) is 8.72. The van der Waals surface area contributed by atoms with Crippen LogP contribution in [0.1, 0.15) is 43.9 Å². The fourth-order valence-corrected chi connectivity index (χ4v) is 2.40. The van der Waals surface area contributed by atoms with Crippen LogP contribution >= 0.6 is 0 Å². The van der Waals surface area contributed by atoms with Gasteiger partial charge in [-0.05, 0) is 44.4 Å². The molecule has 1 aliphatic rings.